The highest BCUT2D eigenvalue weighted by molar-refractivity contribution is 9.10. The molecule has 30 heavy (non-hydrogen) atoms. The number of hydrogen-bond donors (Lipinski definition) is 3. The Kier molecular flexibility index (Phi) is 9.09. The zero-order valence-electron chi connectivity index (χ0n) is 15.7. The van der Waals surface area contributed by atoms with Crippen molar-refractivity contribution in [2.45, 2.75) is 18.5 Å². The maximum Gasteiger partial charge on any atom is 0.349 e. The summed E-state index contributed by atoms with van der Waals surface area (Å²) in [5.74, 6) is 0.0614. The van der Waals surface area contributed by atoms with Crippen LogP contribution in [0.2, 0.25) is 0 Å². The van der Waals surface area contributed by atoms with Crippen molar-refractivity contribution in [3.63, 3.8) is 0 Å². The van der Waals surface area contributed by atoms with Crippen LogP contribution in [0.5, 0.6) is 5.75 Å². The van der Waals surface area contributed by atoms with Gasteiger partial charge in [-0.2, -0.15) is 14.0 Å². The van der Waals surface area contributed by atoms with E-state index < -0.39 is 35.6 Å². The molecule has 0 saturated heterocycles. The second kappa shape index (κ2) is 10.9. The third-order valence-electron chi connectivity index (χ3n) is 3.84. The summed E-state index contributed by atoms with van der Waals surface area (Å²) in [6.07, 6.45) is 2.12. The molecule has 1 amide bonds. The van der Waals surface area contributed by atoms with Gasteiger partial charge in [0.15, 0.2) is 0 Å². The fourth-order valence-electron chi connectivity index (χ4n) is 2.44. The third kappa shape index (κ3) is 5.93. The van der Waals surface area contributed by atoms with Crippen molar-refractivity contribution in [3.8, 4) is 11.8 Å². The molecule has 2 rings (SSSR count). The molecule has 0 bridgehead atoms. The van der Waals surface area contributed by atoms with E-state index in [4.69, 9.17) is 19.8 Å². The number of nitrogens with one attached hydrogen (secondary N) is 1. The van der Waals surface area contributed by atoms with E-state index >= 15 is 0 Å². The molecule has 1 unspecified atom stereocenters. The van der Waals surface area contributed by atoms with Gasteiger partial charge in [0.1, 0.15) is 5.75 Å². The Bertz CT molecular complexity index is 997. The zero-order chi connectivity index (χ0) is 22.5. The maximum atomic E-state index is 14.3. The number of hydrogen-bond acceptors (Lipinski definition) is 7. The quantitative estimate of drug-likeness (QED) is 0.310. The summed E-state index contributed by atoms with van der Waals surface area (Å²) >= 11 is 3.72. The molecule has 0 fully saturated rings. The normalized spacial score (nSPS) is 12.7. The number of fused-ring (bicyclic) bond motifs is 1. The van der Waals surface area contributed by atoms with Crippen molar-refractivity contribution in [2.75, 3.05) is 25.2 Å². The van der Waals surface area contributed by atoms with Gasteiger partial charge in [-0.15, -0.1) is 11.3 Å². The minimum atomic E-state index is -3.87. The van der Waals surface area contributed by atoms with Crippen molar-refractivity contribution in [3.05, 3.63) is 27.0 Å². The van der Waals surface area contributed by atoms with E-state index in [1.165, 1.54) is 12.1 Å². The molecule has 0 radical (unpaired) electrons. The predicted octanol–water partition coefficient (Wildman–Crippen LogP) is 3.80. The number of nitrogens with zero attached hydrogens (tertiary/aromatic N) is 1. The van der Waals surface area contributed by atoms with E-state index in [-0.39, 0.29) is 40.7 Å². The zero-order valence-corrected chi connectivity index (χ0v) is 19.8. The van der Waals surface area contributed by atoms with Crippen molar-refractivity contribution in [2.24, 2.45) is 0 Å². The lowest BCUT2D eigenvalue weighted by Gasteiger charge is -2.15. The summed E-state index contributed by atoms with van der Waals surface area (Å²) in [7, 11) is -4.58. The molecule has 1 aromatic heterocycles. The molecule has 1 heterocycles. The molecule has 2 aromatic rings. The van der Waals surface area contributed by atoms with Gasteiger partial charge in [-0.05, 0) is 34.5 Å². The topological polar surface area (TPSA) is 120 Å². The first kappa shape index (κ1) is 25.0. The van der Waals surface area contributed by atoms with Gasteiger partial charge in [0.2, 0.25) is 8.38 Å². The smallest absolute Gasteiger partial charge is 0.349 e. The van der Waals surface area contributed by atoms with Gasteiger partial charge in [-0.1, -0.05) is 0 Å². The Morgan fingerprint density at radius 1 is 1.47 bits per heavy atom. The van der Waals surface area contributed by atoms with E-state index in [2.05, 4.69) is 21.2 Å². The molecular weight excluding hydrogens is 525 g/mol. The van der Waals surface area contributed by atoms with Gasteiger partial charge in [-0.3, -0.25) is 9.00 Å². The fraction of sp³-hybridized carbons (Fsp3) is 0.412. The van der Waals surface area contributed by atoms with Crippen molar-refractivity contribution in [1.29, 1.82) is 5.26 Å². The van der Waals surface area contributed by atoms with Crippen LogP contribution in [0.3, 0.4) is 0 Å². The molecule has 1 aromatic carbocycles. The van der Waals surface area contributed by atoms with Gasteiger partial charge < -0.3 is 19.8 Å². The highest BCUT2D eigenvalue weighted by Gasteiger charge is 2.45. The molecule has 1 atom stereocenters. The molecule has 0 spiro atoms. The standard InChI is InChI=1S/C17H18BrF2N2O5PS2/c1-30(26)7-3-6-27-12-9-10(16(23)22-5-2-4-21)8-11-13(18)15(29-14(11)12)17(19,20)28(24)25/h8-9,24-25H,2-3,5-7H2,1H3,(H,22,23). The number of nitriles is 1. The second-order valence-electron chi connectivity index (χ2n) is 6.07. The lowest BCUT2D eigenvalue weighted by atomic mass is 10.1. The number of thiophene rings is 1. The molecule has 0 aliphatic heterocycles. The average molecular weight is 543 g/mol. The van der Waals surface area contributed by atoms with Gasteiger partial charge in [0.05, 0.1) is 28.7 Å². The minimum Gasteiger partial charge on any atom is -0.492 e. The summed E-state index contributed by atoms with van der Waals surface area (Å²) in [5.41, 5.74) is -3.73. The van der Waals surface area contributed by atoms with Crippen molar-refractivity contribution >= 4 is 62.4 Å². The Morgan fingerprint density at radius 3 is 2.77 bits per heavy atom. The lowest BCUT2D eigenvalue weighted by Crippen LogP contribution is -2.24. The summed E-state index contributed by atoms with van der Waals surface area (Å²) in [6, 6.07) is 4.69. The number of alkyl halides is 2. The van der Waals surface area contributed by atoms with Gasteiger partial charge in [-0.25, -0.2) is 0 Å². The summed E-state index contributed by atoms with van der Waals surface area (Å²) in [4.78, 5) is 30.1. The molecule has 164 valence electrons. The van der Waals surface area contributed by atoms with Crippen LogP contribution in [-0.4, -0.2) is 45.1 Å². The van der Waals surface area contributed by atoms with Crippen LogP contribution >= 0.6 is 35.6 Å². The molecule has 3 N–H and O–H groups in total. The number of carbonyl (C=O) groups excluding carboxylic acids is 1. The number of amides is 1. The second-order valence-corrected chi connectivity index (χ2v) is 10.6. The first-order valence-electron chi connectivity index (χ1n) is 8.49. The van der Waals surface area contributed by atoms with Crippen LogP contribution in [0.15, 0.2) is 16.6 Å². The molecule has 7 nitrogen and oxygen atoms in total. The largest absolute Gasteiger partial charge is 0.492 e. The fourth-order valence-corrected chi connectivity index (χ4v) is 5.75. The lowest BCUT2D eigenvalue weighted by molar-refractivity contribution is 0.0766. The Labute approximate surface area is 187 Å². The van der Waals surface area contributed by atoms with E-state index in [9.17, 15) is 17.8 Å². The Balaban J connectivity index is 2.49. The van der Waals surface area contributed by atoms with Gasteiger partial charge in [0.25, 0.3) is 5.91 Å². The first-order chi connectivity index (χ1) is 14.1. The number of ether oxygens (including phenoxy) is 1. The summed E-state index contributed by atoms with van der Waals surface area (Å²) in [5, 5.41) is 11.4. The van der Waals surface area contributed by atoms with Crippen LogP contribution in [0.25, 0.3) is 10.1 Å². The molecule has 13 heteroatoms. The number of benzene rings is 1. The Hall–Kier alpha value is -1.22. The van der Waals surface area contributed by atoms with E-state index in [0.717, 1.165) is 0 Å². The van der Waals surface area contributed by atoms with Crippen molar-refractivity contribution in [1.82, 2.24) is 5.32 Å². The van der Waals surface area contributed by atoms with Crippen LogP contribution in [0.1, 0.15) is 28.1 Å². The SMILES string of the molecule is CS(=O)CCCOc1cc(C(=O)NCCC#N)cc2c(Br)c(C(F)(F)P(O)O)sc12. The summed E-state index contributed by atoms with van der Waals surface area (Å²) < 4.78 is 45.7. The monoisotopic (exact) mass is 542 g/mol. The Morgan fingerprint density at radius 2 is 2.17 bits per heavy atom. The van der Waals surface area contributed by atoms with E-state index in [1.54, 1.807) is 6.26 Å². The van der Waals surface area contributed by atoms with E-state index in [0.29, 0.717) is 28.2 Å². The van der Waals surface area contributed by atoms with Crippen LogP contribution in [0, 0.1) is 11.3 Å². The van der Waals surface area contributed by atoms with Crippen molar-refractivity contribution < 1.29 is 32.3 Å². The van der Waals surface area contributed by atoms with Crippen LogP contribution in [-0.2, 0) is 16.5 Å². The van der Waals surface area contributed by atoms with Gasteiger partial charge in [0, 0.05) is 44.8 Å². The number of halogens is 3. The maximum absolute atomic E-state index is 14.3. The number of carbonyl (C=O) groups is 1. The van der Waals surface area contributed by atoms with E-state index in [1.807, 2.05) is 6.07 Å². The average Bonchev–Trinajstić information content (AvgIpc) is 3.02. The minimum absolute atomic E-state index is 0.0608. The summed E-state index contributed by atoms with van der Waals surface area (Å²) in [6.45, 7) is 0.279. The predicted molar refractivity (Wildman–Crippen MR) is 116 cm³/mol. The van der Waals surface area contributed by atoms with Crippen LogP contribution in [0.4, 0.5) is 8.78 Å². The van der Waals surface area contributed by atoms with Crippen LogP contribution < -0.4 is 10.1 Å². The molecule has 0 saturated carbocycles. The molecule has 0 aliphatic rings. The molecular formula is C17H18BrF2N2O5PS2. The highest BCUT2D eigenvalue weighted by atomic mass is 79.9. The van der Waals surface area contributed by atoms with Gasteiger partial charge >= 0.3 is 5.66 Å². The first-order valence-corrected chi connectivity index (χ1v) is 13.1. The number of rotatable bonds is 10. The third-order valence-corrected chi connectivity index (χ3v) is 7.95. The molecule has 0 aliphatic carbocycles. The highest BCUT2D eigenvalue weighted by Crippen LogP contribution is 2.58.